The van der Waals surface area contributed by atoms with Crippen LogP contribution in [0.5, 0.6) is 0 Å². The number of nitrogens with zero attached hydrogens (tertiary/aromatic N) is 1. The fourth-order valence-electron chi connectivity index (χ4n) is 2.38. The van der Waals surface area contributed by atoms with Crippen molar-refractivity contribution in [3.63, 3.8) is 0 Å². The Morgan fingerprint density at radius 1 is 1.50 bits per heavy atom. The van der Waals surface area contributed by atoms with Crippen molar-refractivity contribution >= 4 is 29.2 Å². The van der Waals surface area contributed by atoms with Gasteiger partial charge in [0.15, 0.2) is 0 Å². The molecule has 0 unspecified atom stereocenters. The Morgan fingerprint density at radius 2 is 2.22 bits per heavy atom. The van der Waals surface area contributed by atoms with Gasteiger partial charge in [0.25, 0.3) is 0 Å². The van der Waals surface area contributed by atoms with Crippen LogP contribution in [0.3, 0.4) is 0 Å². The highest BCUT2D eigenvalue weighted by molar-refractivity contribution is 6.35. The van der Waals surface area contributed by atoms with Gasteiger partial charge in [0.05, 0.1) is 5.92 Å². The predicted octanol–water partition coefficient (Wildman–Crippen LogP) is 3.46. The van der Waals surface area contributed by atoms with Gasteiger partial charge in [-0.2, -0.15) is 0 Å². The molecular weight excluding hydrogens is 273 g/mol. The van der Waals surface area contributed by atoms with Crippen LogP contribution in [0.25, 0.3) is 0 Å². The van der Waals surface area contributed by atoms with Crippen molar-refractivity contribution < 1.29 is 9.90 Å². The van der Waals surface area contributed by atoms with E-state index < -0.39 is 5.97 Å². The Labute approximate surface area is 116 Å². The number of likely N-dealkylation sites (tertiary alicyclic amines) is 1. The molecule has 5 heteroatoms. The highest BCUT2D eigenvalue weighted by atomic mass is 35.5. The number of halogens is 2. The van der Waals surface area contributed by atoms with Gasteiger partial charge in [-0.1, -0.05) is 29.3 Å². The Hall–Kier alpha value is -0.770. The van der Waals surface area contributed by atoms with E-state index in [-0.39, 0.29) is 12.0 Å². The first-order valence-corrected chi connectivity index (χ1v) is 6.66. The lowest BCUT2D eigenvalue weighted by Crippen LogP contribution is -2.26. The molecule has 1 saturated heterocycles. The molecule has 98 valence electrons. The lowest BCUT2D eigenvalue weighted by molar-refractivity contribution is -0.141. The zero-order valence-electron chi connectivity index (χ0n) is 10.1. The Balaban J connectivity index is 2.12. The van der Waals surface area contributed by atoms with Crippen LogP contribution in [0, 0.1) is 5.92 Å². The fraction of sp³-hybridized carbons (Fsp3) is 0.462. The smallest absolute Gasteiger partial charge is 0.307 e. The fourth-order valence-corrected chi connectivity index (χ4v) is 2.94. The van der Waals surface area contributed by atoms with Crippen molar-refractivity contribution in [3.8, 4) is 0 Å². The van der Waals surface area contributed by atoms with E-state index in [1.807, 2.05) is 19.1 Å². The van der Waals surface area contributed by atoms with Crippen LogP contribution in [0.2, 0.25) is 10.0 Å². The minimum Gasteiger partial charge on any atom is -0.481 e. The minimum atomic E-state index is -0.716. The van der Waals surface area contributed by atoms with Gasteiger partial charge < -0.3 is 5.11 Å². The van der Waals surface area contributed by atoms with Crippen LogP contribution in [-0.2, 0) is 4.79 Å². The molecule has 1 fully saturated rings. The predicted molar refractivity (Wildman–Crippen MR) is 72.2 cm³/mol. The van der Waals surface area contributed by atoms with Gasteiger partial charge in [-0.15, -0.1) is 0 Å². The van der Waals surface area contributed by atoms with Crippen LogP contribution in [0.1, 0.15) is 24.9 Å². The molecule has 0 radical (unpaired) electrons. The van der Waals surface area contributed by atoms with E-state index in [1.54, 1.807) is 6.07 Å². The first-order valence-electron chi connectivity index (χ1n) is 5.91. The average molecular weight is 288 g/mol. The summed E-state index contributed by atoms with van der Waals surface area (Å²) in [5, 5.41) is 10.2. The van der Waals surface area contributed by atoms with Crippen molar-refractivity contribution in [1.29, 1.82) is 0 Å². The first kappa shape index (κ1) is 13.7. The molecule has 1 aromatic carbocycles. The number of carboxylic acid groups (broad SMARTS) is 1. The Morgan fingerprint density at radius 3 is 2.78 bits per heavy atom. The molecule has 1 aromatic rings. The number of carboxylic acids is 1. The number of aliphatic carboxylic acids is 1. The molecule has 0 aliphatic carbocycles. The highest BCUT2D eigenvalue weighted by Crippen LogP contribution is 2.32. The van der Waals surface area contributed by atoms with Gasteiger partial charge >= 0.3 is 5.97 Å². The summed E-state index contributed by atoms with van der Waals surface area (Å²) in [5.41, 5.74) is 0.993. The molecule has 1 aliphatic heterocycles. The third-order valence-corrected chi connectivity index (χ3v) is 4.09. The van der Waals surface area contributed by atoms with Crippen molar-refractivity contribution in [2.45, 2.75) is 19.4 Å². The molecule has 0 spiro atoms. The molecule has 18 heavy (non-hydrogen) atoms. The lowest BCUT2D eigenvalue weighted by Gasteiger charge is -2.25. The van der Waals surface area contributed by atoms with E-state index in [0.29, 0.717) is 23.0 Å². The molecular formula is C13H15Cl2NO2. The molecule has 1 N–H and O–H groups in total. The van der Waals surface area contributed by atoms with Crippen molar-refractivity contribution in [2.75, 3.05) is 13.1 Å². The van der Waals surface area contributed by atoms with Crippen molar-refractivity contribution in [2.24, 2.45) is 5.92 Å². The molecule has 2 rings (SSSR count). The van der Waals surface area contributed by atoms with Crippen LogP contribution in [0.4, 0.5) is 0 Å². The van der Waals surface area contributed by atoms with Crippen LogP contribution < -0.4 is 0 Å². The Bertz CT molecular complexity index is 464. The third kappa shape index (κ3) is 2.79. The quantitative estimate of drug-likeness (QED) is 0.926. The maximum absolute atomic E-state index is 10.9. The maximum Gasteiger partial charge on any atom is 0.307 e. The van der Waals surface area contributed by atoms with E-state index in [9.17, 15) is 4.79 Å². The van der Waals surface area contributed by atoms with Gasteiger partial charge in [-0.05, 0) is 37.6 Å². The summed E-state index contributed by atoms with van der Waals surface area (Å²) in [5.74, 6) is -0.981. The zero-order valence-corrected chi connectivity index (χ0v) is 11.6. The second-order valence-electron chi connectivity index (χ2n) is 4.66. The number of rotatable bonds is 3. The van der Waals surface area contributed by atoms with Crippen LogP contribution in [0.15, 0.2) is 18.2 Å². The van der Waals surface area contributed by atoms with E-state index in [4.69, 9.17) is 28.3 Å². The van der Waals surface area contributed by atoms with E-state index >= 15 is 0 Å². The number of carbonyl (C=O) groups is 1. The molecule has 2 atom stereocenters. The van der Waals surface area contributed by atoms with Gasteiger partial charge in [0, 0.05) is 22.6 Å². The van der Waals surface area contributed by atoms with Crippen LogP contribution >= 0.6 is 23.2 Å². The van der Waals surface area contributed by atoms with Crippen LogP contribution in [-0.4, -0.2) is 29.1 Å². The number of hydrogen-bond acceptors (Lipinski definition) is 2. The summed E-state index contributed by atoms with van der Waals surface area (Å²) in [6, 6.07) is 5.55. The summed E-state index contributed by atoms with van der Waals surface area (Å²) in [6.07, 6.45) is 0.699. The second kappa shape index (κ2) is 5.47. The molecule has 0 bridgehead atoms. The summed E-state index contributed by atoms with van der Waals surface area (Å²) >= 11 is 12.0. The molecule has 0 aromatic heterocycles. The van der Waals surface area contributed by atoms with Gasteiger partial charge in [-0.3, -0.25) is 9.69 Å². The molecule has 0 saturated carbocycles. The molecule has 1 heterocycles. The summed E-state index contributed by atoms with van der Waals surface area (Å²) < 4.78 is 0. The van der Waals surface area contributed by atoms with Gasteiger partial charge in [-0.25, -0.2) is 0 Å². The van der Waals surface area contributed by atoms with Crippen molar-refractivity contribution in [1.82, 2.24) is 4.90 Å². The van der Waals surface area contributed by atoms with E-state index in [0.717, 1.165) is 12.1 Å². The molecule has 3 nitrogen and oxygen atoms in total. The topological polar surface area (TPSA) is 40.5 Å². The van der Waals surface area contributed by atoms with Crippen molar-refractivity contribution in [3.05, 3.63) is 33.8 Å². The van der Waals surface area contributed by atoms with Gasteiger partial charge in [0.2, 0.25) is 0 Å². The standard InChI is InChI=1S/C13H15Cl2NO2/c1-8(11-3-2-10(14)6-12(11)15)16-5-4-9(7-16)13(17)18/h2-3,6,8-9H,4-5,7H2,1H3,(H,17,18)/t8-,9+/m1/s1. The zero-order chi connectivity index (χ0) is 13.3. The summed E-state index contributed by atoms with van der Waals surface area (Å²) in [6.45, 7) is 3.41. The first-order chi connectivity index (χ1) is 8.49. The monoisotopic (exact) mass is 287 g/mol. The average Bonchev–Trinajstić information content (AvgIpc) is 2.77. The third-order valence-electron chi connectivity index (χ3n) is 3.53. The Kier molecular flexibility index (Phi) is 4.15. The number of hydrogen-bond donors (Lipinski definition) is 1. The maximum atomic E-state index is 10.9. The normalized spacial score (nSPS) is 22.1. The summed E-state index contributed by atoms with van der Waals surface area (Å²) in [4.78, 5) is 13.1. The highest BCUT2D eigenvalue weighted by Gasteiger charge is 2.31. The largest absolute Gasteiger partial charge is 0.481 e. The lowest BCUT2D eigenvalue weighted by atomic mass is 10.1. The number of benzene rings is 1. The minimum absolute atomic E-state index is 0.110. The van der Waals surface area contributed by atoms with Gasteiger partial charge in [0.1, 0.15) is 0 Å². The summed E-state index contributed by atoms with van der Waals surface area (Å²) in [7, 11) is 0. The SMILES string of the molecule is C[C@H](c1ccc(Cl)cc1Cl)N1CC[C@H](C(=O)O)C1. The molecule has 1 aliphatic rings. The second-order valence-corrected chi connectivity index (χ2v) is 5.50. The van der Waals surface area contributed by atoms with E-state index in [2.05, 4.69) is 4.90 Å². The van der Waals surface area contributed by atoms with E-state index in [1.165, 1.54) is 0 Å². The molecule has 0 amide bonds.